The zero-order valence-electron chi connectivity index (χ0n) is 56.8. The molecule has 630 valence electrons. The number of hydrogen-bond donors (Lipinski definition) is 0. The third-order valence-electron chi connectivity index (χ3n) is 18.7. The lowest BCUT2D eigenvalue weighted by Gasteiger charge is -2.47. The maximum absolute atomic E-state index is 17.3. The summed E-state index contributed by atoms with van der Waals surface area (Å²) < 4.78 is 660. The Balaban J connectivity index is 0.000000293. The average Bonchev–Trinajstić information content (AvgIpc) is 0.660. The van der Waals surface area contributed by atoms with Gasteiger partial charge in [0, 0.05) is 5.56 Å². The van der Waals surface area contributed by atoms with Crippen molar-refractivity contribution in [2.75, 3.05) is 12.3 Å². The third kappa shape index (κ3) is 14.4. The molecule has 3 unspecified atom stereocenters. The number of alkyl halides is 8. The van der Waals surface area contributed by atoms with Crippen LogP contribution in [-0.4, -0.2) is 24.6 Å². The zero-order valence-corrected chi connectivity index (χ0v) is 58.0. The number of halogens is 44. The number of hydrogen-bond acceptors (Lipinski definition) is 0. The molecule has 0 aromatic heterocycles. The van der Waals surface area contributed by atoms with Crippen molar-refractivity contribution in [1.82, 2.24) is 0 Å². The normalized spacial score (nSPS) is 13.0. The highest BCUT2D eigenvalue weighted by atomic mass is 31.1. The Morgan fingerprint density at radius 2 is 0.500 bits per heavy atom. The first kappa shape index (κ1) is 92.2. The molecule has 0 heterocycles. The molecular weight excluding hydrogens is 1720 g/mol. The largest absolute Gasteiger partial charge is 0.458 e. The van der Waals surface area contributed by atoms with Crippen molar-refractivity contribution in [3.05, 3.63) is 221 Å². The molecule has 0 amide bonds. The Labute approximate surface area is 618 Å². The summed E-state index contributed by atoms with van der Waals surface area (Å²) in [5, 5.41) is -27.0. The van der Waals surface area contributed by atoms with Gasteiger partial charge in [0.25, 0.3) is 0 Å². The zero-order chi connectivity index (χ0) is 88.2. The van der Waals surface area contributed by atoms with Crippen molar-refractivity contribution in [3.63, 3.8) is 0 Å². The van der Waals surface area contributed by atoms with Gasteiger partial charge in [0.2, 0.25) is 5.82 Å². The second kappa shape index (κ2) is 33.2. The monoisotopic (exact) mass is 1750 g/mol. The lowest BCUT2D eigenvalue weighted by Crippen LogP contribution is -2.79. The van der Waals surface area contributed by atoms with Gasteiger partial charge in [-0.2, -0.15) is 35.1 Å². The fourth-order valence-corrected chi connectivity index (χ4v) is 15.2. The van der Waals surface area contributed by atoms with E-state index in [2.05, 4.69) is 27.7 Å². The molecule has 0 nitrogen and oxygen atoms in total. The predicted octanol–water partition coefficient (Wildman–Crippen LogP) is 24.2. The second-order valence-corrected chi connectivity index (χ2v) is 26.9. The van der Waals surface area contributed by atoms with E-state index in [1.54, 1.807) is 6.16 Å². The minimum absolute atomic E-state index is 0.746. The Bertz CT molecular complexity index is 5160. The molecule has 0 aliphatic heterocycles. The molecule has 46 heteroatoms. The lowest BCUT2D eigenvalue weighted by molar-refractivity contribution is -0.290. The maximum atomic E-state index is 17.3. The summed E-state index contributed by atoms with van der Waals surface area (Å²) in [5.74, 6) is -136. The first-order valence-corrected chi connectivity index (χ1v) is 33.7. The molecule has 116 heavy (non-hydrogen) atoms. The molecule has 0 radical (unpaired) electrons. The summed E-state index contributed by atoms with van der Waals surface area (Å²) in [4.78, 5) is 0. The molecule has 0 aliphatic carbocycles. The lowest BCUT2D eigenvalue weighted by atomic mass is 9.11. The van der Waals surface area contributed by atoms with Crippen LogP contribution >= 0.6 is 8.58 Å². The summed E-state index contributed by atoms with van der Waals surface area (Å²) in [5.41, 5.74) is -29.7. The fourth-order valence-electron chi connectivity index (χ4n) is 13.4. The van der Waals surface area contributed by atoms with Gasteiger partial charge in [0.05, 0.1) is 45.0 Å². The molecule has 0 saturated heterocycles. The van der Waals surface area contributed by atoms with Crippen molar-refractivity contribution in [3.8, 4) is 11.1 Å². The van der Waals surface area contributed by atoms with E-state index in [9.17, 15) is 87.8 Å². The third-order valence-corrected chi connectivity index (χ3v) is 20.5. The quantitative estimate of drug-likeness (QED) is 0.0213. The molecule has 3 atom stereocenters. The van der Waals surface area contributed by atoms with Crippen molar-refractivity contribution in [1.29, 1.82) is 0 Å². The number of unbranched alkanes of at least 4 members (excludes halogenated alkanes) is 1. The van der Waals surface area contributed by atoms with Gasteiger partial charge in [-0.3, -0.25) is 0 Å². The van der Waals surface area contributed by atoms with Crippen LogP contribution < -0.4 is 21.9 Å². The topological polar surface area (TPSA) is 0 Å². The Morgan fingerprint density at radius 3 is 0.750 bits per heavy atom. The van der Waals surface area contributed by atoms with Crippen LogP contribution in [0.25, 0.3) is 54.2 Å². The highest BCUT2D eigenvalue weighted by molar-refractivity contribution is 7.37. The van der Waals surface area contributed by atoms with Crippen LogP contribution in [0.2, 0.25) is 0 Å². The Kier molecular flexibility index (Phi) is 26.4. The van der Waals surface area contributed by atoms with Gasteiger partial charge in [0.15, 0.2) is 180 Å². The van der Waals surface area contributed by atoms with Gasteiger partial charge in [-0.05, 0) is 54.8 Å². The van der Waals surface area contributed by atoms with E-state index in [1.165, 1.54) is 51.1 Å². The van der Waals surface area contributed by atoms with E-state index in [1.807, 2.05) is 0 Å². The van der Waals surface area contributed by atoms with Gasteiger partial charge in [-0.25, -0.2) is 158 Å². The van der Waals surface area contributed by atoms with Gasteiger partial charge < -0.3 is 0 Å². The number of fused-ring (bicyclic) bond motifs is 4. The summed E-state index contributed by atoms with van der Waals surface area (Å²) in [6.45, 7) is 9.42. The molecule has 0 aliphatic rings. The van der Waals surface area contributed by atoms with Crippen LogP contribution in [0.3, 0.4) is 0 Å². The highest BCUT2D eigenvalue weighted by Crippen LogP contribution is 2.54. The summed E-state index contributed by atoms with van der Waals surface area (Å²) in [6.07, 6.45) is -8.61. The van der Waals surface area contributed by atoms with Crippen LogP contribution in [0.5, 0.6) is 0 Å². The molecule has 0 N–H and O–H groups in total. The van der Waals surface area contributed by atoms with Crippen molar-refractivity contribution in [2.24, 2.45) is 11.8 Å². The van der Waals surface area contributed by atoms with E-state index in [4.69, 9.17) is 0 Å². The van der Waals surface area contributed by atoms with E-state index in [-0.39, 0.29) is 0 Å². The number of rotatable bonds is 17. The molecule has 10 aromatic rings. The van der Waals surface area contributed by atoms with Crippen LogP contribution in [0, 0.1) is 221 Å². The SMILES string of the molecule is CCCCC(CC)CC[PH2+]CC(C)CCC.Fc1c(F)c(F)c(-c2c(C(F)(F)F)c(F)c(F)c(F)c2C(F)(F)C(F)(F)F)c(F)c1F.Fc1c(F)c(F)c2c([B-](c3c(F)c(F)c(F)c4c(F)c(F)c(F)c(F)c34)(c3c(F)c(F)c(F)c4c(F)c(F)c(F)c(F)c34)c3c(F)c(F)c(F)c4c(F)c(F)c(F)c(F)c34)c(F)c(F)c(F)c2c1F. The van der Waals surface area contributed by atoms with Crippen LogP contribution in [0.4, 0.5) is 193 Å². The molecule has 0 bridgehead atoms. The molecule has 10 aromatic carbocycles. The predicted molar refractivity (Wildman–Crippen MR) is 327 cm³/mol. The van der Waals surface area contributed by atoms with E-state index >= 15 is 105 Å². The first-order valence-electron chi connectivity index (χ1n) is 32.0. The molecule has 0 saturated carbocycles. The Hall–Kier alpha value is -9.35. The van der Waals surface area contributed by atoms with Crippen molar-refractivity contribution in [2.45, 2.75) is 90.9 Å². The summed E-state index contributed by atoms with van der Waals surface area (Å²) in [7, 11) is 0.746. The molecule has 10 rings (SSSR count). The minimum atomic E-state index is -8.05. The van der Waals surface area contributed by atoms with Gasteiger partial charge in [-0.1, -0.05) is 59.8 Å². The first-order chi connectivity index (χ1) is 53.5. The van der Waals surface area contributed by atoms with Crippen molar-refractivity contribution >= 4 is 79.7 Å². The Morgan fingerprint density at radius 1 is 0.259 bits per heavy atom. The second-order valence-electron chi connectivity index (χ2n) is 25.3. The van der Waals surface area contributed by atoms with Gasteiger partial charge in [0.1, 0.15) is 35.0 Å². The van der Waals surface area contributed by atoms with E-state index in [0.29, 0.717) is 0 Å². The number of benzene rings is 10. The smallest absolute Gasteiger partial charge is 0.207 e. The van der Waals surface area contributed by atoms with Gasteiger partial charge >= 0.3 is 18.3 Å². The van der Waals surface area contributed by atoms with E-state index < -0.39 is 321 Å². The standard InChI is InChI=1S/C40BF28.C15F16.C15H33P/c42-13-1-5(21(50)37(66)33(13)62)17(46)29(58)25(54)9(1)41(10-2-6(18(47)30(59)26(10)55)22(51)38(67)34(63)14(2)43,11-3-7(19(48)31(60)27(11)56)23(52)39(68)35(64)15(3)44)12-4-8(20(49)32(61)28(12)57)24(53)40(69)36(65)16(4)45;16-5-2(6(17)10(21)12(23)9(5)20)1-3(13(24,25)15(29,30)31)7(18)11(22)8(19)4(1)14(26,27)28;1-5-8-10-15(7-3)11-12-16-13-14(4)9-6-2/h;;14-16H,5-13H2,1-4H3/q-1;;/p+1. The van der Waals surface area contributed by atoms with Crippen molar-refractivity contribution < 1.29 is 193 Å². The fraction of sp³-hybridized carbons (Fsp3) is 0.257. The van der Waals surface area contributed by atoms with E-state index in [0.717, 1.165) is 20.4 Å². The van der Waals surface area contributed by atoms with Crippen LogP contribution in [-0.2, 0) is 12.1 Å². The maximum Gasteiger partial charge on any atom is 0.458 e. The summed E-state index contributed by atoms with van der Waals surface area (Å²) in [6, 6.07) is 0. The van der Waals surface area contributed by atoms with Crippen LogP contribution in [0.15, 0.2) is 0 Å². The molecule has 0 spiro atoms. The average molecular weight is 1750 g/mol. The van der Waals surface area contributed by atoms with Crippen LogP contribution in [0.1, 0.15) is 83.8 Å². The highest BCUT2D eigenvalue weighted by Gasteiger charge is 2.64. The van der Waals surface area contributed by atoms with Gasteiger partial charge in [-0.15, -0.1) is 21.9 Å². The summed E-state index contributed by atoms with van der Waals surface area (Å²) >= 11 is 0. The molecule has 0 fully saturated rings. The molecular formula is C70H34BF44P. The minimum Gasteiger partial charge on any atom is -0.207 e.